The molecule has 1 aliphatic rings. The lowest BCUT2D eigenvalue weighted by Crippen LogP contribution is -2.28. The third-order valence-corrected chi connectivity index (χ3v) is 13.5. The lowest BCUT2D eigenvalue weighted by molar-refractivity contribution is 0.670. The van der Waals surface area contributed by atoms with Crippen LogP contribution >= 0.6 is 0 Å². The van der Waals surface area contributed by atoms with Crippen molar-refractivity contribution in [2.75, 3.05) is 4.90 Å². The number of benzene rings is 11. The minimum absolute atomic E-state index is 0.480. The summed E-state index contributed by atoms with van der Waals surface area (Å²) >= 11 is 0. The van der Waals surface area contributed by atoms with Crippen LogP contribution in [0, 0.1) is 0 Å². The van der Waals surface area contributed by atoms with Crippen molar-refractivity contribution >= 4 is 71.3 Å². The summed E-state index contributed by atoms with van der Waals surface area (Å²) in [6, 6.07) is 86.6. The molecule has 0 N–H and O–H groups in total. The van der Waals surface area contributed by atoms with Gasteiger partial charge in [0.25, 0.3) is 0 Å². The summed E-state index contributed by atoms with van der Waals surface area (Å²) in [6.07, 6.45) is 0. The zero-order valence-corrected chi connectivity index (χ0v) is 34.4. The summed E-state index contributed by atoms with van der Waals surface area (Å²) < 4.78 is 6.58. The first-order valence-electron chi connectivity index (χ1n) is 21.8. The van der Waals surface area contributed by atoms with Crippen LogP contribution in [0.15, 0.2) is 241 Å². The van der Waals surface area contributed by atoms with Crippen LogP contribution < -0.4 is 4.90 Å². The molecule has 11 aromatic carbocycles. The third kappa shape index (κ3) is 5.25. The largest absolute Gasteiger partial charge is 0.455 e. The molecule has 0 spiro atoms. The topological polar surface area (TPSA) is 16.4 Å². The van der Waals surface area contributed by atoms with Gasteiger partial charge in [-0.25, -0.2) is 0 Å². The molecule has 1 aromatic heterocycles. The Labute approximate surface area is 365 Å². The van der Waals surface area contributed by atoms with Crippen LogP contribution in [-0.2, 0) is 5.41 Å². The number of furan rings is 1. The second-order valence-corrected chi connectivity index (χ2v) is 16.7. The van der Waals surface area contributed by atoms with E-state index in [-0.39, 0.29) is 0 Å². The van der Waals surface area contributed by atoms with Crippen LogP contribution in [0.5, 0.6) is 0 Å². The molecular weight excluding hydrogens is 763 g/mol. The predicted octanol–water partition coefficient (Wildman–Crippen LogP) is 16.5. The number of nitrogens with zero attached hydrogens (tertiary/aromatic N) is 1. The van der Waals surface area contributed by atoms with Crippen molar-refractivity contribution in [3.63, 3.8) is 0 Å². The second-order valence-electron chi connectivity index (χ2n) is 16.7. The Morgan fingerprint density at radius 2 is 0.794 bits per heavy atom. The summed E-state index contributed by atoms with van der Waals surface area (Å²) in [7, 11) is 0. The first kappa shape index (κ1) is 35.5. The molecule has 0 atom stereocenters. The van der Waals surface area contributed by atoms with E-state index in [1.807, 2.05) is 6.07 Å². The molecule has 13 rings (SSSR count). The van der Waals surface area contributed by atoms with E-state index in [1.54, 1.807) is 0 Å². The highest BCUT2D eigenvalue weighted by Gasteiger charge is 2.45. The fraction of sp³-hybridized carbons (Fsp3) is 0.0164. The highest BCUT2D eigenvalue weighted by molar-refractivity contribution is 6.26. The molecule has 0 saturated heterocycles. The number of anilines is 3. The van der Waals surface area contributed by atoms with Crippen LogP contribution in [-0.4, -0.2) is 0 Å². The molecule has 0 fully saturated rings. The van der Waals surface area contributed by atoms with Crippen molar-refractivity contribution in [3.05, 3.63) is 259 Å². The van der Waals surface area contributed by atoms with Crippen LogP contribution in [0.4, 0.5) is 17.1 Å². The van der Waals surface area contributed by atoms with Gasteiger partial charge >= 0.3 is 0 Å². The molecule has 0 bridgehead atoms. The van der Waals surface area contributed by atoms with Crippen molar-refractivity contribution in [1.29, 1.82) is 0 Å². The number of fused-ring (bicyclic) bond motifs is 12. The summed E-state index contributed by atoms with van der Waals surface area (Å²) in [5, 5.41) is 9.77. The van der Waals surface area contributed by atoms with Gasteiger partial charge in [-0.15, -0.1) is 0 Å². The molecule has 294 valence electrons. The van der Waals surface area contributed by atoms with Crippen molar-refractivity contribution in [1.82, 2.24) is 0 Å². The average molecular weight is 802 g/mol. The molecule has 0 saturated carbocycles. The van der Waals surface area contributed by atoms with Gasteiger partial charge < -0.3 is 9.32 Å². The summed E-state index contributed by atoms with van der Waals surface area (Å²) in [5.74, 6) is 0. The maximum Gasteiger partial charge on any atom is 0.143 e. The SMILES string of the molecule is c1ccc(C2(c3ccc(N(c4cccc(-c5cccc6c5oc5ccccc56)c4)c4ccc5c6ccccc6c6ccccc6c5c4)cc3)c3ccccc3-c3ccccc32)cc1. The van der Waals surface area contributed by atoms with Gasteiger partial charge in [-0.3, -0.25) is 0 Å². The fourth-order valence-corrected chi connectivity index (χ4v) is 10.8. The Hall–Kier alpha value is -8.20. The Bertz CT molecular complexity index is 3670. The molecule has 1 aliphatic carbocycles. The first-order chi connectivity index (χ1) is 31.3. The summed E-state index contributed by atoms with van der Waals surface area (Å²) in [6.45, 7) is 0. The van der Waals surface area contributed by atoms with Crippen molar-refractivity contribution in [2.45, 2.75) is 5.41 Å². The van der Waals surface area contributed by atoms with Crippen molar-refractivity contribution < 1.29 is 4.42 Å². The third-order valence-electron chi connectivity index (χ3n) is 13.5. The van der Waals surface area contributed by atoms with Gasteiger partial charge in [0.1, 0.15) is 11.2 Å². The monoisotopic (exact) mass is 801 g/mol. The highest BCUT2D eigenvalue weighted by atomic mass is 16.3. The molecule has 0 amide bonds. The number of para-hydroxylation sites is 2. The quantitative estimate of drug-likeness (QED) is 0.156. The minimum Gasteiger partial charge on any atom is -0.455 e. The van der Waals surface area contributed by atoms with Crippen LogP contribution in [0.1, 0.15) is 22.3 Å². The van der Waals surface area contributed by atoms with Gasteiger partial charge in [0.2, 0.25) is 0 Å². The molecule has 12 aromatic rings. The van der Waals surface area contributed by atoms with Crippen LogP contribution in [0.25, 0.3) is 76.5 Å². The predicted molar refractivity (Wildman–Crippen MR) is 264 cm³/mol. The molecule has 0 aliphatic heterocycles. The van der Waals surface area contributed by atoms with Gasteiger partial charge in [-0.2, -0.15) is 0 Å². The molecule has 63 heavy (non-hydrogen) atoms. The first-order valence-corrected chi connectivity index (χ1v) is 21.8. The molecule has 2 nitrogen and oxygen atoms in total. The Balaban J connectivity index is 1.03. The normalized spacial score (nSPS) is 12.9. The zero-order chi connectivity index (χ0) is 41.5. The van der Waals surface area contributed by atoms with E-state index >= 15 is 0 Å². The minimum atomic E-state index is -0.480. The zero-order valence-electron chi connectivity index (χ0n) is 34.4. The van der Waals surface area contributed by atoms with Crippen molar-refractivity contribution in [2.24, 2.45) is 0 Å². The van der Waals surface area contributed by atoms with Gasteiger partial charge in [0, 0.05) is 33.4 Å². The van der Waals surface area contributed by atoms with Crippen molar-refractivity contribution in [3.8, 4) is 22.3 Å². The van der Waals surface area contributed by atoms with E-state index in [9.17, 15) is 0 Å². The number of rotatable bonds is 6. The maximum atomic E-state index is 6.58. The van der Waals surface area contributed by atoms with E-state index in [1.165, 1.54) is 65.7 Å². The van der Waals surface area contributed by atoms with E-state index < -0.39 is 5.41 Å². The Morgan fingerprint density at radius 3 is 1.49 bits per heavy atom. The lowest BCUT2D eigenvalue weighted by atomic mass is 9.68. The summed E-state index contributed by atoms with van der Waals surface area (Å²) in [4.78, 5) is 2.42. The Kier molecular flexibility index (Phi) is 7.85. The van der Waals surface area contributed by atoms with E-state index in [2.05, 4.69) is 235 Å². The van der Waals surface area contributed by atoms with Crippen LogP contribution in [0.3, 0.4) is 0 Å². The summed E-state index contributed by atoms with van der Waals surface area (Å²) in [5.41, 5.74) is 14.4. The van der Waals surface area contributed by atoms with Crippen LogP contribution in [0.2, 0.25) is 0 Å². The standard InChI is InChI=1S/C61H39NO/c1-2-17-41(18-3-1)61(57-29-11-8-24-52(57)53-25-9-12-30-58(53)61)42-32-34-43(35-33-42)62(45-36-37-51-49-22-5-4-20-47(49)48-21-6-7-23-50(48)56(51)39-45)44-19-14-16-40(38-44)46-27-15-28-55-54-26-10-13-31-59(54)63-60(46)55/h1-39H. The molecule has 2 heteroatoms. The molecular formula is C61H39NO. The van der Waals surface area contributed by atoms with E-state index in [0.717, 1.165) is 50.1 Å². The van der Waals surface area contributed by atoms with Gasteiger partial charge in [0.15, 0.2) is 0 Å². The Morgan fingerprint density at radius 1 is 0.302 bits per heavy atom. The van der Waals surface area contributed by atoms with Gasteiger partial charge in [0.05, 0.1) is 5.41 Å². The smallest absolute Gasteiger partial charge is 0.143 e. The second kappa shape index (κ2) is 13.9. The molecule has 0 unspecified atom stereocenters. The maximum absolute atomic E-state index is 6.58. The molecule has 0 radical (unpaired) electrons. The highest BCUT2D eigenvalue weighted by Crippen LogP contribution is 2.56. The van der Waals surface area contributed by atoms with Gasteiger partial charge in [-0.1, -0.05) is 194 Å². The lowest BCUT2D eigenvalue weighted by Gasteiger charge is -2.34. The van der Waals surface area contributed by atoms with Gasteiger partial charge in [-0.05, 0) is 114 Å². The van der Waals surface area contributed by atoms with E-state index in [0.29, 0.717) is 0 Å². The fourth-order valence-electron chi connectivity index (χ4n) is 10.8. The number of hydrogen-bond donors (Lipinski definition) is 0. The average Bonchev–Trinajstić information content (AvgIpc) is 3.89. The number of hydrogen-bond acceptors (Lipinski definition) is 2. The molecule has 1 heterocycles. The van der Waals surface area contributed by atoms with E-state index in [4.69, 9.17) is 4.42 Å².